The van der Waals surface area contributed by atoms with Crippen molar-refractivity contribution in [1.29, 1.82) is 0 Å². The van der Waals surface area contributed by atoms with Crippen LogP contribution in [0, 0.1) is 0 Å². The predicted molar refractivity (Wildman–Crippen MR) is 117 cm³/mol. The van der Waals surface area contributed by atoms with Crippen LogP contribution >= 0.6 is 11.6 Å². The maximum absolute atomic E-state index is 12.3. The maximum Gasteiger partial charge on any atom is 0.323 e. The van der Waals surface area contributed by atoms with Gasteiger partial charge in [0.2, 0.25) is 0 Å². The molecule has 4 rings (SSSR count). The topological polar surface area (TPSA) is 67.8 Å². The molecule has 0 aliphatic carbocycles. The molecule has 2 saturated heterocycles. The number of carbonyl (C=O) groups is 1. The van der Waals surface area contributed by atoms with Crippen LogP contribution in [0.3, 0.4) is 0 Å². The van der Waals surface area contributed by atoms with Gasteiger partial charge in [0.1, 0.15) is 17.7 Å². The van der Waals surface area contributed by atoms with Gasteiger partial charge < -0.3 is 14.4 Å². The van der Waals surface area contributed by atoms with Crippen LogP contribution in [-0.2, 0) is 20.8 Å². The van der Waals surface area contributed by atoms with Crippen molar-refractivity contribution in [3.05, 3.63) is 29.0 Å². The number of benzene rings is 1. The molecule has 0 saturated carbocycles. The fourth-order valence-electron chi connectivity index (χ4n) is 4.51. The molecule has 1 aromatic carbocycles. The summed E-state index contributed by atoms with van der Waals surface area (Å²) in [6.45, 7) is 3.13. The third-order valence-corrected chi connectivity index (χ3v) is 6.43. The van der Waals surface area contributed by atoms with Crippen molar-refractivity contribution >= 4 is 34.3 Å². The highest BCUT2D eigenvalue weighted by Gasteiger charge is 2.30. The van der Waals surface area contributed by atoms with E-state index in [4.69, 9.17) is 31.0 Å². The minimum Gasteiger partial charge on any atom is -0.468 e. The zero-order valence-corrected chi connectivity index (χ0v) is 18.4. The minimum absolute atomic E-state index is 0.177. The number of halogens is 1. The number of hydrogen-bond acceptors (Lipinski definition) is 7. The van der Waals surface area contributed by atoms with E-state index in [1.807, 2.05) is 18.2 Å². The molecule has 30 heavy (non-hydrogen) atoms. The number of anilines is 1. The Morgan fingerprint density at radius 2 is 1.93 bits per heavy atom. The van der Waals surface area contributed by atoms with Gasteiger partial charge >= 0.3 is 5.97 Å². The monoisotopic (exact) mass is 432 g/mol. The second-order valence-electron chi connectivity index (χ2n) is 8.05. The number of ether oxygens (including phenoxy) is 2. The summed E-state index contributed by atoms with van der Waals surface area (Å²) in [4.78, 5) is 26.5. The van der Waals surface area contributed by atoms with E-state index in [0.717, 1.165) is 74.3 Å². The molecule has 1 unspecified atom stereocenters. The molecule has 0 bridgehead atoms. The Labute approximate surface area is 182 Å². The first-order chi connectivity index (χ1) is 14.6. The second kappa shape index (κ2) is 9.45. The first-order valence-corrected chi connectivity index (χ1v) is 11.0. The molecule has 162 valence electrons. The Morgan fingerprint density at radius 3 is 2.67 bits per heavy atom. The maximum atomic E-state index is 12.3. The number of rotatable bonds is 5. The van der Waals surface area contributed by atoms with Crippen molar-refractivity contribution in [3.63, 3.8) is 0 Å². The minimum atomic E-state index is -0.228. The lowest BCUT2D eigenvalue weighted by Gasteiger charge is -2.34. The second-order valence-corrected chi connectivity index (χ2v) is 8.49. The largest absolute Gasteiger partial charge is 0.468 e. The number of aromatic nitrogens is 2. The lowest BCUT2D eigenvalue weighted by atomic mass is 10.0. The van der Waals surface area contributed by atoms with Gasteiger partial charge in [-0.3, -0.25) is 9.69 Å². The molecule has 0 amide bonds. The standard InChI is InChI=1S/C22H29ClN4O3/c1-29-16-8-11-26(12-9-16)21-17-13-15(23)6-7-18(17)24-20(25-21)14-27-10-4-3-5-19(27)22(28)30-2/h6-7,13,16,19H,3-5,8-12,14H2,1-2H3. The molecular weight excluding hydrogens is 404 g/mol. The van der Waals surface area contributed by atoms with Crippen molar-refractivity contribution in [2.24, 2.45) is 0 Å². The molecule has 7 nitrogen and oxygen atoms in total. The summed E-state index contributed by atoms with van der Waals surface area (Å²) in [6, 6.07) is 5.52. The van der Waals surface area contributed by atoms with E-state index < -0.39 is 0 Å². The predicted octanol–water partition coefficient (Wildman–Crippen LogP) is 3.43. The van der Waals surface area contributed by atoms with Crippen LogP contribution in [0.25, 0.3) is 10.9 Å². The first kappa shape index (κ1) is 21.3. The summed E-state index contributed by atoms with van der Waals surface area (Å²) in [6.07, 6.45) is 5.14. The average Bonchev–Trinajstić information content (AvgIpc) is 2.78. The van der Waals surface area contributed by atoms with Gasteiger partial charge in [0.25, 0.3) is 0 Å². The van der Waals surface area contributed by atoms with Gasteiger partial charge in [-0.15, -0.1) is 0 Å². The first-order valence-electron chi connectivity index (χ1n) is 10.6. The van der Waals surface area contributed by atoms with Crippen LogP contribution in [0.4, 0.5) is 5.82 Å². The number of methoxy groups -OCH3 is 2. The van der Waals surface area contributed by atoms with E-state index in [1.54, 1.807) is 7.11 Å². The molecule has 1 aromatic heterocycles. The van der Waals surface area contributed by atoms with Crippen LogP contribution in [0.15, 0.2) is 18.2 Å². The SMILES string of the molecule is COC(=O)C1CCCCN1Cc1nc(N2CCC(OC)CC2)c2cc(Cl)ccc2n1. The highest BCUT2D eigenvalue weighted by Crippen LogP contribution is 2.30. The normalized spacial score (nSPS) is 21.2. The molecule has 8 heteroatoms. The molecule has 0 N–H and O–H groups in total. The molecule has 2 aliphatic heterocycles. The molecule has 0 radical (unpaired) electrons. The van der Waals surface area contributed by atoms with E-state index in [1.165, 1.54) is 7.11 Å². The lowest BCUT2D eigenvalue weighted by Crippen LogP contribution is -2.45. The molecule has 2 fully saturated rings. The number of nitrogens with zero attached hydrogens (tertiary/aromatic N) is 4. The molecule has 0 spiro atoms. The van der Waals surface area contributed by atoms with Crippen molar-refractivity contribution in [2.75, 3.05) is 38.8 Å². The van der Waals surface area contributed by atoms with Gasteiger partial charge in [-0.25, -0.2) is 9.97 Å². The Balaban J connectivity index is 1.65. The average molecular weight is 433 g/mol. The van der Waals surface area contributed by atoms with E-state index in [-0.39, 0.29) is 12.0 Å². The van der Waals surface area contributed by atoms with Crippen molar-refractivity contribution in [2.45, 2.75) is 50.8 Å². The van der Waals surface area contributed by atoms with E-state index in [0.29, 0.717) is 17.7 Å². The van der Waals surface area contributed by atoms with E-state index in [9.17, 15) is 4.79 Å². The van der Waals surface area contributed by atoms with Gasteiger partial charge in [-0.1, -0.05) is 18.0 Å². The van der Waals surface area contributed by atoms with Crippen LogP contribution in [0.1, 0.15) is 37.9 Å². The number of carbonyl (C=O) groups excluding carboxylic acids is 1. The van der Waals surface area contributed by atoms with E-state index >= 15 is 0 Å². The fourth-order valence-corrected chi connectivity index (χ4v) is 4.68. The van der Waals surface area contributed by atoms with Crippen LogP contribution in [0.5, 0.6) is 0 Å². The van der Waals surface area contributed by atoms with Crippen molar-refractivity contribution in [1.82, 2.24) is 14.9 Å². The van der Waals surface area contributed by atoms with Crippen LogP contribution in [-0.4, -0.2) is 66.8 Å². The number of piperidine rings is 2. The third kappa shape index (κ3) is 4.53. The zero-order valence-electron chi connectivity index (χ0n) is 17.6. The summed E-state index contributed by atoms with van der Waals surface area (Å²) < 4.78 is 10.5. The lowest BCUT2D eigenvalue weighted by molar-refractivity contribution is -0.148. The number of esters is 1. The molecule has 2 aromatic rings. The summed E-state index contributed by atoms with van der Waals surface area (Å²) >= 11 is 6.29. The van der Waals surface area contributed by atoms with Crippen LogP contribution < -0.4 is 4.90 Å². The summed E-state index contributed by atoms with van der Waals surface area (Å²) in [7, 11) is 3.22. The highest BCUT2D eigenvalue weighted by molar-refractivity contribution is 6.31. The Hall–Kier alpha value is -1.96. The number of likely N-dealkylation sites (tertiary alicyclic amines) is 1. The smallest absolute Gasteiger partial charge is 0.323 e. The van der Waals surface area contributed by atoms with Gasteiger partial charge in [0.05, 0.1) is 25.3 Å². The summed E-state index contributed by atoms with van der Waals surface area (Å²) in [5, 5.41) is 1.64. The zero-order chi connectivity index (χ0) is 21.1. The molecule has 2 aliphatic rings. The van der Waals surface area contributed by atoms with Crippen molar-refractivity contribution in [3.8, 4) is 0 Å². The van der Waals surface area contributed by atoms with Crippen molar-refractivity contribution < 1.29 is 14.3 Å². The fraction of sp³-hybridized carbons (Fsp3) is 0.591. The van der Waals surface area contributed by atoms with Gasteiger partial charge in [0, 0.05) is 30.6 Å². The van der Waals surface area contributed by atoms with Gasteiger partial charge in [-0.2, -0.15) is 0 Å². The van der Waals surface area contributed by atoms with Crippen LogP contribution in [0.2, 0.25) is 5.02 Å². The Kier molecular flexibility index (Phi) is 6.71. The highest BCUT2D eigenvalue weighted by atomic mass is 35.5. The quantitative estimate of drug-likeness (QED) is 0.670. The summed E-state index contributed by atoms with van der Waals surface area (Å²) in [5.41, 5.74) is 0.875. The number of fused-ring (bicyclic) bond motifs is 1. The summed E-state index contributed by atoms with van der Waals surface area (Å²) in [5.74, 6) is 1.47. The van der Waals surface area contributed by atoms with Gasteiger partial charge in [0.15, 0.2) is 0 Å². The molecular formula is C22H29ClN4O3. The Bertz CT molecular complexity index is 901. The van der Waals surface area contributed by atoms with E-state index in [2.05, 4.69) is 9.80 Å². The Morgan fingerprint density at radius 1 is 1.13 bits per heavy atom. The third-order valence-electron chi connectivity index (χ3n) is 6.19. The number of hydrogen-bond donors (Lipinski definition) is 0. The molecule has 3 heterocycles. The molecule has 1 atom stereocenters. The van der Waals surface area contributed by atoms with Gasteiger partial charge in [-0.05, 0) is 50.4 Å².